The van der Waals surface area contributed by atoms with Crippen LogP contribution in [0.2, 0.25) is 0 Å². The van der Waals surface area contributed by atoms with Crippen LogP contribution in [-0.2, 0) is 6.54 Å². The highest BCUT2D eigenvalue weighted by atomic mass is 32.1. The van der Waals surface area contributed by atoms with E-state index >= 15 is 0 Å². The quantitative estimate of drug-likeness (QED) is 0.767. The molecule has 0 radical (unpaired) electrons. The van der Waals surface area contributed by atoms with Gasteiger partial charge in [0.15, 0.2) is 0 Å². The Balaban J connectivity index is 1.57. The third kappa shape index (κ3) is 1.51. The molecule has 2 aliphatic carbocycles. The number of nitrogens with one attached hydrogen (secondary N) is 1. The summed E-state index contributed by atoms with van der Waals surface area (Å²) >= 11 is 1.73. The van der Waals surface area contributed by atoms with Gasteiger partial charge >= 0.3 is 0 Å². The molecule has 0 aromatic carbocycles. The molecule has 0 spiro atoms. The molecule has 3 rings (SSSR count). The molecule has 0 aliphatic heterocycles. The lowest BCUT2D eigenvalue weighted by Crippen LogP contribution is -2.31. The second kappa shape index (κ2) is 3.48. The predicted octanol–water partition coefficient (Wildman–Crippen LogP) is 2.20. The molecule has 14 heavy (non-hydrogen) atoms. The molecule has 1 fully saturated rings. The van der Waals surface area contributed by atoms with Crippen LogP contribution in [0.5, 0.6) is 0 Å². The van der Waals surface area contributed by atoms with Crippen molar-refractivity contribution in [3.05, 3.63) is 28.7 Å². The van der Waals surface area contributed by atoms with E-state index in [2.05, 4.69) is 22.5 Å². The first-order valence-electron chi connectivity index (χ1n) is 5.21. The summed E-state index contributed by atoms with van der Waals surface area (Å²) in [4.78, 5) is 5.42. The molecule has 1 aromatic rings. The highest BCUT2D eigenvalue weighted by Crippen LogP contribution is 2.39. The molecule has 1 saturated carbocycles. The first kappa shape index (κ1) is 8.62. The van der Waals surface area contributed by atoms with Crippen molar-refractivity contribution in [1.82, 2.24) is 10.3 Å². The van der Waals surface area contributed by atoms with Gasteiger partial charge in [0.05, 0.1) is 5.51 Å². The van der Waals surface area contributed by atoms with Crippen molar-refractivity contribution in [3.63, 3.8) is 0 Å². The summed E-state index contributed by atoms with van der Waals surface area (Å²) in [6.45, 7) is 0.992. The van der Waals surface area contributed by atoms with E-state index in [1.54, 1.807) is 11.3 Å². The first-order chi connectivity index (χ1) is 6.92. The second-order valence-electron chi connectivity index (χ2n) is 4.24. The van der Waals surface area contributed by atoms with E-state index in [4.69, 9.17) is 0 Å². The summed E-state index contributed by atoms with van der Waals surface area (Å²) in [5, 5.41) is 3.63. The van der Waals surface area contributed by atoms with Crippen molar-refractivity contribution in [3.8, 4) is 0 Å². The number of thiazole rings is 1. The molecule has 1 unspecified atom stereocenters. The predicted molar refractivity (Wildman–Crippen MR) is 58.1 cm³/mol. The van der Waals surface area contributed by atoms with Crippen molar-refractivity contribution in [2.24, 2.45) is 11.8 Å². The van der Waals surface area contributed by atoms with Gasteiger partial charge in [0, 0.05) is 23.7 Å². The summed E-state index contributed by atoms with van der Waals surface area (Å²) in [5.74, 6) is 1.66. The van der Waals surface area contributed by atoms with Crippen LogP contribution in [-0.4, -0.2) is 11.0 Å². The van der Waals surface area contributed by atoms with Crippen molar-refractivity contribution < 1.29 is 0 Å². The molecule has 2 bridgehead atoms. The zero-order valence-corrected chi connectivity index (χ0v) is 8.83. The van der Waals surface area contributed by atoms with Crippen molar-refractivity contribution >= 4 is 11.3 Å². The Labute approximate surface area is 88.1 Å². The van der Waals surface area contributed by atoms with E-state index in [1.807, 2.05) is 11.7 Å². The molecule has 1 N–H and O–H groups in total. The first-order valence-corrected chi connectivity index (χ1v) is 6.09. The monoisotopic (exact) mass is 206 g/mol. The third-order valence-electron chi connectivity index (χ3n) is 3.30. The Morgan fingerprint density at radius 2 is 2.43 bits per heavy atom. The lowest BCUT2D eigenvalue weighted by molar-refractivity contribution is 0.451. The number of allylic oxidation sites excluding steroid dienone is 1. The Kier molecular flexibility index (Phi) is 2.14. The van der Waals surface area contributed by atoms with Crippen LogP contribution in [0.3, 0.4) is 0 Å². The Hall–Kier alpha value is -0.670. The number of hydrogen-bond donors (Lipinski definition) is 1. The van der Waals surface area contributed by atoms with Gasteiger partial charge in [-0.05, 0) is 24.7 Å². The van der Waals surface area contributed by atoms with Crippen LogP contribution in [0.15, 0.2) is 23.9 Å². The minimum absolute atomic E-state index is 0.715. The second-order valence-corrected chi connectivity index (χ2v) is 5.21. The van der Waals surface area contributed by atoms with Gasteiger partial charge in [-0.25, -0.2) is 0 Å². The SMILES string of the molecule is C1=C[C@H]2C[C@@H]1CC2NCc1cncs1. The van der Waals surface area contributed by atoms with E-state index in [0.29, 0.717) is 6.04 Å². The molecule has 2 nitrogen and oxygen atoms in total. The zero-order chi connectivity index (χ0) is 9.38. The molecule has 1 aromatic heterocycles. The maximum absolute atomic E-state index is 4.08. The smallest absolute Gasteiger partial charge is 0.0794 e. The summed E-state index contributed by atoms with van der Waals surface area (Å²) in [6, 6.07) is 0.715. The lowest BCUT2D eigenvalue weighted by atomic mass is 10.0. The lowest BCUT2D eigenvalue weighted by Gasteiger charge is -2.18. The van der Waals surface area contributed by atoms with Crippen LogP contribution in [0.1, 0.15) is 17.7 Å². The fraction of sp³-hybridized carbons (Fsp3) is 0.545. The molecule has 0 saturated heterocycles. The topological polar surface area (TPSA) is 24.9 Å². The maximum atomic E-state index is 4.08. The highest BCUT2D eigenvalue weighted by molar-refractivity contribution is 7.09. The molecule has 74 valence electrons. The van der Waals surface area contributed by atoms with Gasteiger partial charge in [-0.3, -0.25) is 4.98 Å². The third-order valence-corrected chi connectivity index (χ3v) is 4.08. The summed E-state index contributed by atoms with van der Waals surface area (Å²) in [5.41, 5.74) is 1.90. The van der Waals surface area contributed by atoms with Gasteiger partial charge in [0.1, 0.15) is 0 Å². The number of fused-ring (bicyclic) bond motifs is 2. The molecule has 3 heteroatoms. The molecular formula is C11H14N2S. The fourth-order valence-electron chi connectivity index (χ4n) is 2.58. The molecule has 2 aliphatic rings. The van der Waals surface area contributed by atoms with Crippen molar-refractivity contribution in [2.45, 2.75) is 25.4 Å². The molecule has 0 amide bonds. The normalized spacial score (nSPS) is 34.1. The van der Waals surface area contributed by atoms with Gasteiger partial charge in [-0.1, -0.05) is 12.2 Å². The van der Waals surface area contributed by atoms with E-state index in [-0.39, 0.29) is 0 Å². The van der Waals surface area contributed by atoms with Gasteiger partial charge in [0.25, 0.3) is 0 Å². The number of rotatable bonds is 3. The molecule has 1 heterocycles. The van der Waals surface area contributed by atoms with Crippen LogP contribution in [0.25, 0.3) is 0 Å². The van der Waals surface area contributed by atoms with Gasteiger partial charge in [0.2, 0.25) is 0 Å². The summed E-state index contributed by atoms with van der Waals surface area (Å²) in [6.07, 6.45) is 9.44. The number of nitrogens with zero attached hydrogens (tertiary/aromatic N) is 1. The van der Waals surface area contributed by atoms with Crippen LogP contribution >= 0.6 is 11.3 Å². The summed E-state index contributed by atoms with van der Waals surface area (Å²) < 4.78 is 0. The molecular weight excluding hydrogens is 192 g/mol. The Bertz CT molecular complexity index is 331. The van der Waals surface area contributed by atoms with Crippen molar-refractivity contribution in [1.29, 1.82) is 0 Å². The minimum Gasteiger partial charge on any atom is -0.308 e. The Morgan fingerprint density at radius 3 is 3.07 bits per heavy atom. The fourth-order valence-corrected chi connectivity index (χ4v) is 3.12. The van der Waals surface area contributed by atoms with E-state index in [1.165, 1.54) is 17.7 Å². The van der Waals surface area contributed by atoms with Crippen LogP contribution in [0, 0.1) is 11.8 Å². The van der Waals surface area contributed by atoms with Gasteiger partial charge in [-0.15, -0.1) is 11.3 Å². The zero-order valence-electron chi connectivity index (χ0n) is 8.02. The number of aromatic nitrogens is 1. The van der Waals surface area contributed by atoms with Crippen LogP contribution in [0.4, 0.5) is 0 Å². The van der Waals surface area contributed by atoms with E-state index < -0.39 is 0 Å². The average Bonchev–Trinajstić information content (AvgIpc) is 2.91. The van der Waals surface area contributed by atoms with Crippen molar-refractivity contribution in [2.75, 3.05) is 0 Å². The standard InChI is InChI=1S/C11H14N2S/c1-2-9-3-8(1)4-11(9)13-6-10-5-12-7-14-10/h1-2,5,7-9,11,13H,3-4,6H2/t8-,9+,11?/m1/s1. The average molecular weight is 206 g/mol. The maximum Gasteiger partial charge on any atom is 0.0794 e. The van der Waals surface area contributed by atoms with Gasteiger partial charge in [-0.2, -0.15) is 0 Å². The van der Waals surface area contributed by atoms with Gasteiger partial charge < -0.3 is 5.32 Å². The Morgan fingerprint density at radius 1 is 1.43 bits per heavy atom. The molecule has 3 atom stereocenters. The van der Waals surface area contributed by atoms with E-state index in [0.717, 1.165) is 18.4 Å². The minimum atomic E-state index is 0.715. The number of hydrogen-bond acceptors (Lipinski definition) is 3. The largest absolute Gasteiger partial charge is 0.308 e. The highest BCUT2D eigenvalue weighted by Gasteiger charge is 2.34. The van der Waals surface area contributed by atoms with Crippen LogP contribution < -0.4 is 5.32 Å². The summed E-state index contributed by atoms with van der Waals surface area (Å²) in [7, 11) is 0. The van der Waals surface area contributed by atoms with E-state index in [9.17, 15) is 0 Å².